The van der Waals surface area contributed by atoms with Crippen molar-refractivity contribution in [3.8, 4) is 0 Å². The van der Waals surface area contributed by atoms with Gasteiger partial charge in [0, 0.05) is 17.6 Å². The number of halogens is 2. The molecule has 0 heterocycles. The zero-order valence-corrected chi connectivity index (χ0v) is 19.2. The summed E-state index contributed by atoms with van der Waals surface area (Å²) in [5.74, 6) is -0.902. The van der Waals surface area contributed by atoms with Crippen LogP contribution in [0.15, 0.2) is 66.7 Å². The Kier molecular flexibility index (Phi) is 8.32. The molecule has 0 radical (unpaired) electrons. The molecule has 2 atom stereocenters. The molecule has 6 heteroatoms. The maximum Gasteiger partial charge on any atom is 0.335 e. The lowest BCUT2D eigenvalue weighted by Gasteiger charge is -2.27. The van der Waals surface area contributed by atoms with Crippen molar-refractivity contribution < 1.29 is 15.0 Å². The summed E-state index contributed by atoms with van der Waals surface area (Å²) in [5.41, 5.74) is 6.01. The maximum atomic E-state index is 11.2. The molecule has 168 valence electrons. The number of carboxylic acids is 1. The molecular weight excluding hydrogens is 445 g/mol. The molecule has 0 aromatic heterocycles. The van der Waals surface area contributed by atoms with E-state index in [9.17, 15) is 15.0 Å². The average Bonchev–Trinajstić information content (AvgIpc) is 2.77. The average molecular weight is 472 g/mol. The second-order valence-corrected chi connectivity index (χ2v) is 8.64. The first-order valence-corrected chi connectivity index (χ1v) is 11.0. The van der Waals surface area contributed by atoms with Gasteiger partial charge in [0.25, 0.3) is 0 Å². The number of aromatic carboxylic acids is 1. The van der Waals surface area contributed by atoms with E-state index in [0.29, 0.717) is 29.6 Å². The Morgan fingerprint density at radius 3 is 2.59 bits per heavy atom. The Morgan fingerprint density at radius 1 is 1.03 bits per heavy atom. The summed E-state index contributed by atoms with van der Waals surface area (Å²) in [5, 5.41) is 23.8. The monoisotopic (exact) mass is 471 g/mol. The van der Waals surface area contributed by atoms with Crippen molar-refractivity contribution in [2.75, 3.05) is 6.54 Å². The van der Waals surface area contributed by atoms with Gasteiger partial charge in [-0.3, -0.25) is 0 Å². The van der Waals surface area contributed by atoms with Gasteiger partial charge in [0.15, 0.2) is 0 Å². The number of fused-ring (bicyclic) bond motifs is 1. The third-order valence-electron chi connectivity index (χ3n) is 5.91. The first kappa shape index (κ1) is 24.3. The molecule has 0 bridgehead atoms. The van der Waals surface area contributed by atoms with Crippen LogP contribution in [0.5, 0.6) is 0 Å². The van der Waals surface area contributed by atoms with Crippen LogP contribution in [-0.4, -0.2) is 28.8 Å². The molecule has 32 heavy (non-hydrogen) atoms. The minimum atomic E-state index is -0.902. The topological polar surface area (TPSA) is 69.6 Å². The Labute approximate surface area is 199 Å². The van der Waals surface area contributed by atoms with E-state index < -0.39 is 12.1 Å². The summed E-state index contributed by atoms with van der Waals surface area (Å²) in [4.78, 5) is 11.2. The molecule has 0 unspecified atom stereocenters. The van der Waals surface area contributed by atoms with E-state index in [-0.39, 0.29) is 12.4 Å². The zero-order chi connectivity index (χ0) is 21.8. The van der Waals surface area contributed by atoms with E-state index in [1.54, 1.807) is 30.3 Å². The Morgan fingerprint density at radius 2 is 1.81 bits per heavy atom. The van der Waals surface area contributed by atoms with Gasteiger partial charge in [-0.05, 0) is 77.8 Å². The van der Waals surface area contributed by atoms with Crippen LogP contribution in [0.1, 0.15) is 50.7 Å². The summed E-state index contributed by atoms with van der Waals surface area (Å²) in [6, 6.07) is 21.4. The summed E-state index contributed by atoms with van der Waals surface area (Å²) >= 11 is 6.03. The van der Waals surface area contributed by atoms with Crippen LogP contribution < -0.4 is 5.32 Å². The Bertz CT molecular complexity index is 1090. The quantitative estimate of drug-likeness (QED) is 0.441. The number of hydrogen-bond donors (Lipinski definition) is 3. The lowest BCUT2D eigenvalue weighted by Crippen LogP contribution is -2.37. The molecular formula is C26H27Cl2NO3. The normalized spacial score (nSPS) is 16.0. The number of aliphatic hydroxyl groups is 1. The van der Waals surface area contributed by atoms with Crippen molar-refractivity contribution in [1.29, 1.82) is 0 Å². The van der Waals surface area contributed by atoms with Gasteiger partial charge in [-0.2, -0.15) is 0 Å². The van der Waals surface area contributed by atoms with Crippen LogP contribution in [0.2, 0.25) is 5.02 Å². The Hall–Kier alpha value is -2.37. The van der Waals surface area contributed by atoms with Gasteiger partial charge >= 0.3 is 5.97 Å². The number of carbonyl (C=O) groups is 1. The third kappa shape index (κ3) is 6.11. The van der Waals surface area contributed by atoms with Crippen LogP contribution in [0.4, 0.5) is 0 Å². The van der Waals surface area contributed by atoms with Crippen molar-refractivity contribution in [2.24, 2.45) is 0 Å². The van der Waals surface area contributed by atoms with Gasteiger partial charge in [0.2, 0.25) is 0 Å². The van der Waals surface area contributed by atoms with E-state index in [0.717, 1.165) is 30.4 Å². The van der Waals surface area contributed by atoms with E-state index in [4.69, 9.17) is 11.6 Å². The molecule has 0 spiro atoms. The SMILES string of the molecule is Cl.O=C(O)c1cccc(Cc2ccc3c(c2)C[C@@H](NC[C@H](O)c2cccc(Cl)c2)CC3)c1. The molecule has 4 rings (SSSR count). The van der Waals surface area contributed by atoms with Crippen LogP contribution in [0, 0.1) is 0 Å². The molecule has 0 aliphatic heterocycles. The van der Waals surface area contributed by atoms with Gasteiger partial charge < -0.3 is 15.5 Å². The molecule has 0 amide bonds. The van der Waals surface area contributed by atoms with Crippen molar-refractivity contribution in [1.82, 2.24) is 5.32 Å². The predicted molar refractivity (Wildman–Crippen MR) is 130 cm³/mol. The first-order valence-electron chi connectivity index (χ1n) is 10.6. The van der Waals surface area contributed by atoms with Crippen molar-refractivity contribution in [3.05, 3.63) is 105 Å². The van der Waals surface area contributed by atoms with Crippen molar-refractivity contribution in [3.63, 3.8) is 0 Å². The summed E-state index contributed by atoms with van der Waals surface area (Å²) in [6.07, 6.45) is 3.08. The van der Waals surface area contributed by atoms with Gasteiger partial charge in [-0.15, -0.1) is 12.4 Å². The van der Waals surface area contributed by atoms with Crippen molar-refractivity contribution >= 4 is 30.0 Å². The number of nitrogens with one attached hydrogen (secondary N) is 1. The second kappa shape index (κ2) is 11.0. The highest BCUT2D eigenvalue weighted by Crippen LogP contribution is 2.25. The lowest BCUT2D eigenvalue weighted by atomic mass is 9.86. The molecule has 0 fully saturated rings. The fourth-order valence-corrected chi connectivity index (χ4v) is 4.45. The third-order valence-corrected chi connectivity index (χ3v) is 6.15. The lowest BCUT2D eigenvalue weighted by molar-refractivity contribution is 0.0696. The van der Waals surface area contributed by atoms with Gasteiger partial charge in [-0.25, -0.2) is 4.79 Å². The minimum Gasteiger partial charge on any atom is -0.478 e. The highest BCUT2D eigenvalue weighted by atomic mass is 35.5. The molecule has 4 nitrogen and oxygen atoms in total. The zero-order valence-electron chi connectivity index (χ0n) is 17.6. The van der Waals surface area contributed by atoms with Crippen molar-refractivity contribution in [2.45, 2.75) is 37.8 Å². The molecule has 3 aromatic carbocycles. The second-order valence-electron chi connectivity index (χ2n) is 8.20. The standard InChI is InChI=1S/C26H26ClNO3.ClH/c27-23-6-2-4-20(14-23)25(29)16-28-24-10-9-19-8-7-18(13-22(19)15-24)11-17-3-1-5-21(12-17)26(30)31;/h1-8,12-14,24-25,28-29H,9-11,15-16H2,(H,30,31);1H/t24-,25-;/m0./s1. The summed E-state index contributed by atoms with van der Waals surface area (Å²) in [7, 11) is 0. The largest absolute Gasteiger partial charge is 0.478 e. The van der Waals surface area contributed by atoms with Crippen LogP contribution >= 0.6 is 24.0 Å². The molecule has 1 aliphatic rings. The summed E-state index contributed by atoms with van der Waals surface area (Å²) in [6.45, 7) is 0.488. The van der Waals surface area contributed by atoms with E-state index >= 15 is 0 Å². The minimum absolute atomic E-state index is 0. The predicted octanol–water partition coefficient (Wildman–Crippen LogP) is 5.23. The number of aliphatic hydroxyl groups excluding tert-OH is 1. The van der Waals surface area contributed by atoms with E-state index in [1.807, 2.05) is 18.2 Å². The molecule has 3 aromatic rings. The fraction of sp³-hybridized carbons (Fsp3) is 0.269. The Balaban J connectivity index is 0.00000289. The highest BCUT2D eigenvalue weighted by Gasteiger charge is 2.20. The van der Waals surface area contributed by atoms with E-state index in [1.165, 1.54) is 16.7 Å². The molecule has 3 N–H and O–H groups in total. The van der Waals surface area contributed by atoms with Gasteiger partial charge in [0.05, 0.1) is 11.7 Å². The highest BCUT2D eigenvalue weighted by molar-refractivity contribution is 6.30. The summed E-state index contributed by atoms with van der Waals surface area (Å²) < 4.78 is 0. The number of rotatable bonds is 7. The maximum absolute atomic E-state index is 11.2. The van der Waals surface area contributed by atoms with Gasteiger partial charge in [-0.1, -0.05) is 54.1 Å². The van der Waals surface area contributed by atoms with Crippen LogP contribution in [0.3, 0.4) is 0 Å². The van der Waals surface area contributed by atoms with Crippen LogP contribution in [0.25, 0.3) is 0 Å². The smallest absolute Gasteiger partial charge is 0.335 e. The first-order chi connectivity index (χ1) is 15.0. The number of benzene rings is 3. The number of carboxylic acid groups (broad SMARTS) is 1. The molecule has 0 saturated carbocycles. The van der Waals surface area contributed by atoms with Gasteiger partial charge in [0.1, 0.15) is 0 Å². The van der Waals surface area contributed by atoms with E-state index in [2.05, 4.69) is 23.5 Å². The number of hydrogen-bond acceptors (Lipinski definition) is 3. The number of aryl methyl sites for hydroxylation is 1. The fourth-order valence-electron chi connectivity index (χ4n) is 4.25. The molecule has 1 aliphatic carbocycles. The van der Waals surface area contributed by atoms with Crippen LogP contribution in [-0.2, 0) is 19.3 Å². The molecule has 0 saturated heterocycles.